The molecule has 3 aromatic rings. The number of rotatable bonds is 5. The smallest absolute Gasteiger partial charge is 0.341 e. The molecule has 0 atom stereocenters. The van der Waals surface area contributed by atoms with Gasteiger partial charge in [0.25, 0.3) is 0 Å². The monoisotopic (exact) mass is 357 g/mol. The van der Waals surface area contributed by atoms with Gasteiger partial charge in [0.05, 0.1) is 23.2 Å². The fraction of sp³-hybridized carbons (Fsp3) is 0.278. The summed E-state index contributed by atoms with van der Waals surface area (Å²) in [4.78, 5) is 29.9. The van der Waals surface area contributed by atoms with E-state index in [1.165, 1.54) is 11.3 Å². The second-order valence-electron chi connectivity index (χ2n) is 5.60. The van der Waals surface area contributed by atoms with E-state index in [0.29, 0.717) is 17.2 Å². The lowest BCUT2D eigenvalue weighted by atomic mass is 10.3. The summed E-state index contributed by atoms with van der Waals surface area (Å²) in [5.41, 5.74) is 2.15. The molecule has 0 aliphatic rings. The highest BCUT2D eigenvalue weighted by Gasteiger charge is 2.19. The topological polar surface area (TPSA) is 73.2 Å². The maximum atomic E-state index is 12.5. The van der Waals surface area contributed by atoms with Crippen molar-refractivity contribution in [2.75, 3.05) is 11.9 Å². The summed E-state index contributed by atoms with van der Waals surface area (Å²) >= 11 is 1.36. The molecule has 3 rings (SSSR count). The SMILES string of the molecule is CCOC(=O)c1cc(C)sc1NC(=O)Cn1c(C)nc2ccccc21. The van der Waals surface area contributed by atoms with Gasteiger partial charge in [-0.25, -0.2) is 9.78 Å². The van der Waals surface area contributed by atoms with E-state index in [9.17, 15) is 9.59 Å². The van der Waals surface area contributed by atoms with Crippen LogP contribution in [0.4, 0.5) is 5.00 Å². The maximum Gasteiger partial charge on any atom is 0.341 e. The number of hydrogen-bond donors (Lipinski definition) is 1. The Morgan fingerprint density at radius 1 is 1.28 bits per heavy atom. The number of benzene rings is 1. The molecular formula is C18H19N3O3S. The number of carbonyl (C=O) groups is 2. The first kappa shape index (κ1) is 17.2. The van der Waals surface area contributed by atoms with Gasteiger partial charge in [-0.2, -0.15) is 0 Å². The van der Waals surface area contributed by atoms with Crippen LogP contribution in [0.2, 0.25) is 0 Å². The normalized spacial score (nSPS) is 10.8. The van der Waals surface area contributed by atoms with Crippen molar-refractivity contribution in [3.8, 4) is 0 Å². The second-order valence-corrected chi connectivity index (χ2v) is 6.86. The number of para-hydroxylation sites is 2. The Morgan fingerprint density at radius 2 is 2.04 bits per heavy atom. The van der Waals surface area contributed by atoms with Crippen molar-refractivity contribution in [1.29, 1.82) is 0 Å². The average molecular weight is 357 g/mol. The number of fused-ring (bicyclic) bond motifs is 1. The lowest BCUT2D eigenvalue weighted by Crippen LogP contribution is -2.20. The fourth-order valence-corrected chi connectivity index (χ4v) is 3.59. The molecule has 0 unspecified atom stereocenters. The van der Waals surface area contributed by atoms with Gasteiger partial charge in [-0.05, 0) is 39.0 Å². The molecule has 0 bridgehead atoms. The maximum absolute atomic E-state index is 12.5. The van der Waals surface area contributed by atoms with Gasteiger partial charge < -0.3 is 14.6 Å². The largest absolute Gasteiger partial charge is 0.462 e. The summed E-state index contributed by atoms with van der Waals surface area (Å²) in [7, 11) is 0. The highest BCUT2D eigenvalue weighted by atomic mass is 32.1. The third-order valence-corrected chi connectivity index (χ3v) is 4.72. The van der Waals surface area contributed by atoms with Crippen LogP contribution in [0, 0.1) is 13.8 Å². The number of hydrogen-bond acceptors (Lipinski definition) is 5. The third kappa shape index (κ3) is 3.56. The van der Waals surface area contributed by atoms with E-state index in [1.807, 2.05) is 42.7 Å². The van der Waals surface area contributed by atoms with E-state index >= 15 is 0 Å². The fourth-order valence-electron chi connectivity index (χ4n) is 2.67. The molecule has 0 aliphatic carbocycles. The van der Waals surface area contributed by atoms with Crippen molar-refractivity contribution >= 4 is 39.2 Å². The van der Waals surface area contributed by atoms with Crippen LogP contribution in [0.3, 0.4) is 0 Å². The van der Waals surface area contributed by atoms with Gasteiger partial charge in [-0.15, -0.1) is 11.3 Å². The van der Waals surface area contributed by atoms with Gasteiger partial charge in [-0.1, -0.05) is 12.1 Å². The van der Waals surface area contributed by atoms with Gasteiger partial charge >= 0.3 is 5.97 Å². The summed E-state index contributed by atoms with van der Waals surface area (Å²) in [6, 6.07) is 9.41. The Labute approximate surface area is 149 Å². The standard InChI is InChI=1S/C18H19N3O3S/c1-4-24-18(23)13-9-11(2)25-17(13)20-16(22)10-21-12(3)19-14-7-5-6-8-15(14)21/h5-9H,4,10H2,1-3H3,(H,20,22). The van der Waals surface area contributed by atoms with Gasteiger partial charge in [-0.3, -0.25) is 4.79 Å². The van der Waals surface area contributed by atoms with Gasteiger partial charge in [0.15, 0.2) is 0 Å². The van der Waals surface area contributed by atoms with Gasteiger partial charge in [0, 0.05) is 4.88 Å². The Balaban J connectivity index is 1.81. The molecular weight excluding hydrogens is 338 g/mol. The number of aryl methyl sites for hydroxylation is 2. The molecule has 1 amide bonds. The van der Waals surface area contributed by atoms with Gasteiger partial charge in [0.1, 0.15) is 17.4 Å². The molecule has 25 heavy (non-hydrogen) atoms. The first-order valence-electron chi connectivity index (χ1n) is 7.99. The number of imidazole rings is 1. The van der Waals surface area contributed by atoms with Crippen LogP contribution in [0.5, 0.6) is 0 Å². The Bertz CT molecular complexity index is 942. The number of aromatic nitrogens is 2. The lowest BCUT2D eigenvalue weighted by molar-refractivity contribution is -0.116. The Kier molecular flexibility index (Phi) is 4.85. The van der Waals surface area contributed by atoms with Crippen LogP contribution < -0.4 is 5.32 Å². The number of thiophene rings is 1. The average Bonchev–Trinajstić information content (AvgIpc) is 3.08. The van der Waals surface area contributed by atoms with Crippen LogP contribution in [-0.2, 0) is 16.1 Å². The number of anilines is 1. The van der Waals surface area contributed by atoms with Crippen LogP contribution >= 0.6 is 11.3 Å². The van der Waals surface area contributed by atoms with Crippen molar-refractivity contribution in [3.05, 3.63) is 46.6 Å². The molecule has 0 radical (unpaired) electrons. The molecule has 0 fully saturated rings. The molecule has 6 nitrogen and oxygen atoms in total. The first-order valence-corrected chi connectivity index (χ1v) is 8.80. The van der Waals surface area contributed by atoms with E-state index in [0.717, 1.165) is 21.7 Å². The number of nitrogens with one attached hydrogen (secondary N) is 1. The van der Waals surface area contributed by atoms with E-state index in [2.05, 4.69) is 10.3 Å². The van der Waals surface area contributed by atoms with Crippen molar-refractivity contribution in [2.45, 2.75) is 27.3 Å². The number of esters is 1. The minimum absolute atomic E-state index is 0.131. The van der Waals surface area contributed by atoms with E-state index in [-0.39, 0.29) is 12.5 Å². The Hall–Kier alpha value is -2.67. The minimum atomic E-state index is -0.425. The Morgan fingerprint density at radius 3 is 2.80 bits per heavy atom. The molecule has 0 saturated carbocycles. The molecule has 0 spiro atoms. The predicted molar refractivity (Wildman–Crippen MR) is 98.1 cm³/mol. The molecule has 7 heteroatoms. The van der Waals surface area contributed by atoms with Crippen LogP contribution in [0.1, 0.15) is 28.0 Å². The van der Waals surface area contributed by atoms with Crippen LogP contribution in [0.15, 0.2) is 30.3 Å². The molecule has 2 aromatic heterocycles. The van der Waals surface area contributed by atoms with Crippen molar-refractivity contribution in [3.63, 3.8) is 0 Å². The predicted octanol–water partition coefficient (Wildman–Crippen LogP) is 3.53. The molecule has 130 valence electrons. The minimum Gasteiger partial charge on any atom is -0.462 e. The molecule has 1 aromatic carbocycles. The first-order chi connectivity index (χ1) is 12.0. The number of nitrogens with zero attached hydrogens (tertiary/aromatic N) is 2. The zero-order valence-electron chi connectivity index (χ0n) is 14.3. The van der Waals surface area contributed by atoms with Crippen molar-refractivity contribution in [2.24, 2.45) is 0 Å². The second kappa shape index (κ2) is 7.06. The van der Waals surface area contributed by atoms with Crippen LogP contribution in [0.25, 0.3) is 11.0 Å². The van der Waals surface area contributed by atoms with Crippen molar-refractivity contribution in [1.82, 2.24) is 9.55 Å². The lowest BCUT2D eigenvalue weighted by Gasteiger charge is -2.08. The highest BCUT2D eigenvalue weighted by molar-refractivity contribution is 7.16. The zero-order valence-corrected chi connectivity index (χ0v) is 15.1. The quantitative estimate of drug-likeness (QED) is 0.709. The highest BCUT2D eigenvalue weighted by Crippen LogP contribution is 2.28. The van der Waals surface area contributed by atoms with E-state index in [4.69, 9.17) is 4.74 Å². The summed E-state index contributed by atoms with van der Waals surface area (Å²) in [6.45, 7) is 5.93. The zero-order chi connectivity index (χ0) is 18.0. The number of carbonyl (C=O) groups excluding carboxylic acids is 2. The molecule has 0 aliphatic heterocycles. The third-order valence-electron chi connectivity index (χ3n) is 3.75. The number of ether oxygens (including phenoxy) is 1. The van der Waals surface area contributed by atoms with E-state index < -0.39 is 5.97 Å². The molecule has 2 heterocycles. The summed E-state index contributed by atoms with van der Waals surface area (Å²) < 4.78 is 6.90. The van der Waals surface area contributed by atoms with Gasteiger partial charge in [0.2, 0.25) is 5.91 Å². The molecule has 1 N–H and O–H groups in total. The van der Waals surface area contributed by atoms with E-state index in [1.54, 1.807) is 13.0 Å². The molecule has 0 saturated heterocycles. The summed E-state index contributed by atoms with van der Waals surface area (Å²) in [6.07, 6.45) is 0. The number of amides is 1. The summed E-state index contributed by atoms with van der Waals surface area (Å²) in [5.74, 6) is 0.134. The summed E-state index contributed by atoms with van der Waals surface area (Å²) in [5, 5.41) is 3.35. The van der Waals surface area contributed by atoms with Crippen molar-refractivity contribution < 1.29 is 14.3 Å². The van der Waals surface area contributed by atoms with Crippen LogP contribution in [-0.4, -0.2) is 28.0 Å².